The van der Waals surface area contributed by atoms with Crippen LogP contribution in [0.4, 0.5) is 0 Å². The van der Waals surface area contributed by atoms with E-state index in [2.05, 4.69) is 28.9 Å². The predicted molar refractivity (Wildman–Crippen MR) is 64.7 cm³/mol. The van der Waals surface area contributed by atoms with Gasteiger partial charge in [-0.15, -0.1) is 0 Å². The summed E-state index contributed by atoms with van der Waals surface area (Å²) >= 11 is 0. The zero-order valence-electron chi connectivity index (χ0n) is 10.7. The minimum Gasteiger partial charge on any atom is -0.338 e. The van der Waals surface area contributed by atoms with Crippen molar-refractivity contribution in [2.75, 3.05) is 13.1 Å². The minimum atomic E-state index is 0.276. The molecule has 2 fully saturated rings. The molecule has 4 heteroatoms. The molecule has 0 aromatic carbocycles. The first-order chi connectivity index (χ1) is 8.24. The Hall–Kier alpha value is -0.900. The van der Waals surface area contributed by atoms with Crippen LogP contribution in [0.25, 0.3) is 0 Å². The molecule has 1 aromatic rings. The fourth-order valence-electron chi connectivity index (χ4n) is 2.66. The Morgan fingerprint density at radius 2 is 2.18 bits per heavy atom. The standard InChI is InChI=1S/C13H21N3O/c1-9-4-3-7-16(8-9)10(2)13-14-12(15-17-13)11-5-6-11/h9-11H,3-8H2,1-2H3/t9-,10+/m1/s1. The fourth-order valence-corrected chi connectivity index (χ4v) is 2.66. The number of rotatable bonds is 3. The van der Waals surface area contributed by atoms with Gasteiger partial charge in [-0.2, -0.15) is 4.98 Å². The molecule has 0 bridgehead atoms. The van der Waals surface area contributed by atoms with Crippen molar-refractivity contribution in [1.29, 1.82) is 0 Å². The maximum atomic E-state index is 5.41. The lowest BCUT2D eigenvalue weighted by Gasteiger charge is -2.33. The van der Waals surface area contributed by atoms with E-state index in [1.165, 1.54) is 25.7 Å². The number of nitrogens with zero attached hydrogens (tertiary/aromatic N) is 3. The molecule has 1 aliphatic carbocycles. The molecule has 94 valence electrons. The molecule has 1 saturated heterocycles. The average Bonchev–Trinajstić information content (AvgIpc) is 3.07. The third-order valence-corrected chi connectivity index (χ3v) is 3.99. The average molecular weight is 235 g/mol. The Bertz CT molecular complexity index is 386. The van der Waals surface area contributed by atoms with Gasteiger partial charge in [-0.3, -0.25) is 4.90 Å². The van der Waals surface area contributed by atoms with Crippen LogP contribution in [-0.2, 0) is 0 Å². The van der Waals surface area contributed by atoms with E-state index in [0.717, 1.165) is 30.7 Å². The Kier molecular flexibility index (Phi) is 2.90. The molecule has 3 rings (SSSR count). The molecular formula is C13H21N3O. The number of piperidine rings is 1. The molecule has 0 N–H and O–H groups in total. The van der Waals surface area contributed by atoms with Crippen molar-refractivity contribution >= 4 is 0 Å². The highest BCUT2D eigenvalue weighted by atomic mass is 16.5. The number of aromatic nitrogens is 2. The lowest BCUT2D eigenvalue weighted by Crippen LogP contribution is -2.36. The molecule has 17 heavy (non-hydrogen) atoms. The van der Waals surface area contributed by atoms with Gasteiger partial charge in [0.25, 0.3) is 0 Å². The molecule has 0 radical (unpaired) electrons. The van der Waals surface area contributed by atoms with Gasteiger partial charge in [0.1, 0.15) is 0 Å². The topological polar surface area (TPSA) is 42.2 Å². The quantitative estimate of drug-likeness (QED) is 0.808. The maximum Gasteiger partial charge on any atom is 0.243 e. The normalized spacial score (nSPS) is 28.2. The monoisotopic (exact) mass is 235 g/mol. The zero-order chi connectivity index (χ0) is 11.8. The third kappa shape index (κ3) is 2.37. The van der Waals surface area contributed by atoms with Gasteiger partial charge in [0, 0.05) is 12.5 Å². The summed E-state index contributed by atoms with van der Waals surface area (Å²) in [6.07, 6.45) is 5.09. The molecule has 1 aromatic heterocycles. The van der Waals surface area contributed by atoms with E-state index in [1.807, 2.05) is 0 Å². The largest absolute Gasteiger partial charge is 0.338 e. The van der Waals surface area contributed by atoms with E-state index >= 15 is 0 Å². The minimum absolute atomic E-state index is 0.276. The van der Waals surface area contributed by atoms with Crippen molar-refractivity contribution in [3.8, 4) is 0 Å². The highest BCUT2D eigenvalue weighted by Crippen LogP contribution is 2.38. The van der Waals surface area contributed by atoms with Crippen LogP contribution in [0.15, 0.2) is 4.52 Å². The summed E-state index contributed by atoms with van der Waals surface area (Å²) in [6, 6.07) is 0.276. The predicted octanol–water partition coefficient (Wildman–Crippen LogP) is 2.74. The van der Waals surface area contributed by atoms with Gasteiger partial charge in [0.2, 0.25) is 5.89 Å². The second kappa shape index (κ2) is 4.41. The molecule has 2 atom stereocenters. The molecule has 0 spiro atoms. The van der Waals surface area contributed by atoms with Gasteiger partial charge in [-0.25, -0.2) is 0 Å². The number of hydrogen-bond donors (Lipinski definition) is 0. The van der Waals surface area contributed by atoms with Crippen LogP contribution < -0.4 is 0 Å². The summed E-state index contributed by atoms with van der Waals surface area (Å²) in [5, 5.41) is 4.10. The highest BCUT2D eigenvalue weighted by molar-refractivity contribution is 5.04. The molecule has 1 aliphatic heterocycles. The molecule has 2 aliphatic rings. The van der Waals surface area contributed by atoms with Crippen molar-refractivity contribution in [2.24, 2.45) is 5.92 Å². The summed E-state index contributed by atoms with van der Waals surface area (Å²) < 4.78 is 5.41. The number of hydrogen-bond acceptors (Lipinski definition) is 4. The fraction of sp³-hybridized carbons (Fsp3) is 0.846. The summed E-state index contributed by atoms with van der Waals surface area (Å²) in [6.45, 7) is 6.82. The lowest BCUT2D eigenvalue weighted by molar-refractivity contribution is 0.117. The molecule has 2 heterocycles. The van der Waals surface area contributed by atoms with Crippen LogP contribution >= 0.6 is 0 Å². The summed E-state index contributed by atoms with van der Waals surface area (Å²) in [5.41, 5.74) is 0. The smallest absolute Gasteiger partial charge is 0.243 e. The van der Waals surface area contributed by atoms with Crippen molar-refractivity contribution in [3.05, 3.63) is 11.7 Å². The summed E-state index contributed by atoms with van der Waals surface area (Å²) in [5.74, 6) is 3.11. The van der Waals surface area contributed by atoms with Crippen LogP contribution in [0, 0.1) is 5.92 Å². The van der Waals surface area contributed by atoms with E-state index < -0.39 is 0 Å². The highest BCUT2D eigenvalue weighted by Gasteiger charge is 2.31. The van der Waals surface area contributed by atoms with E-state index in [9.17, 15) is 0 Å². The summed E-state index contributed by atoms with van der Waals surface area (Å²) in [7, 11) is 0. The number of likely N-dealkylation sites (tertiary alicyclic amines) is 1. The SMILES string of the molecule is C[C@@H]1CCCN([C@@H](C)c2nc(C3CC3)no2)C1. The molecule has 0 amide bonds. The first-order valence-corrected chi connectivity index (χ1v) is 6.81. The molecular weight excluding hydrogens is 214 g/mol. The van der Waals surface area contributed by atoms with Crippen molar-refractivity contribution < 1.29 is 4.52 Å². The maximum absolute atomic E-state index is 5.41. The third-order valence-electron chi connectivity index (χ3n) is 3.99. The van der Waals surface area contributed by atoms with Crippen molar-refractivity contribution in [3.63, 3.8) is 0 Å². The van der Waals surface area contributed by atoms with Crippen LogP contribution in [-0.4, -0.2) is 28.1 Å². The molecule has 4 nitrogen and oxygen atoms in total. The zero-order valence-corrected chi connectivity index (χ0v) is 10.7. The van der Waals surface area contributed by atoms with Crippen molar-refractivity contribution in [1.82, 2.24) is 15.0 Å². The van der Waals surface area contributed by atoms with Crippen LogP contribution in [0.1, 0.15) is 63.2 Å². The van der Waals surface area contributed by atoms with Crippen LogP contribution in [0.3, 0.4) is 0 Å². The van der Waals surface area contributed by atoms with Gasteiger partial charge >= 0.3 is 0 Å². The van der Waals surface area contributed by atoms with Crippen molar-refractivity contribution in [2.45, 2.75) is 51.5 Å². The van der Waals surface area contributed by atoms with Gasteiger partial charge in [0.15, 0.2) is 5.82 Å². The lowest BCUT2D eigenvalue weighted by atomic mass is 9.99. The van der Waals surface area contributed by atoms with E-state index in [0.29, 0.717) is 5.92 Å². The first-order valence-electron chi connectivity index (χ1n) is 6.81. The molecule has 0 unspecified atom stereocenters. The van der Waals surface area contributed by atoms with Crippen LogP contribution in [0.5, 0.6) is 0 Å². The van der Waals surface area contributed by atoms with E-state index in [-0.39, 0.29) is 6.04 Å². The van der Waals surface area contributed by atoms with Gasteiger partial charge in [0.05, 0.1) is 6.04 Å². The second-order valence-corrected chi connectivity index (χ2v) is 5.68. The van der Waals surface area contributed by atoms with Gasteiger partial charge in [-0.05, 0) is 45.1 Å². The van der Waals surface area contributed by atoms with E-state index in [1.54, 1.807) is 0 Å². The molecule has 1 saturated carbocycles. The van der Waals surface area contributed by atoms with Gasteiger partial charge < -0.3 is 4.52 Å². The Labute approximate surface area is 102 Å². The van der Waals surface area contributed by atoms with E-state index in [4.69, 9.17) is 4.52 Å². The Morgan fingerprint density at radius 1 is 1.35 bits per heavy atom. The Balaban J connectivity index is 1.68. The first kappa shape index (κ1) is 11.2. The van der Waals surface area contributed by atoms with Crippen LogP contribution in [0.2, 0.25) is 0 Å². The summed E-state index contributed by atoms with van der Waals surface area (Å²) in [4.78, 5) is 7.02. The van der Waals surface area contributed by atoms with Gasteiger partial charge in [-0.1, -0.05) is 12.1 Å². The Morgan fingerprint density at radius 3 is 2.88 bits per heavy atom. The second-order valence-electron chi connectivity index (χ2n) is 5.68.